The fourth-order valence-electron chi connectivity index (χ4n) is 1.67. The highest BCUT2D eigenvalue weighted by Gasteiger charge is 2.09. The van der Waals surface area contributed by atoms with Gasteiger partial charge in [0.1, 0.15) is 11.4 Å². The average molecular weight is 295 g/mol. The minimum absolute atomic E-state index is 0.655. The fourth-order valence-corrected chi connectivity index (χ4v) is 2.22. The van der Waals surface area contributed by atoms with Crippen LogP contribution in [0.25, 0.3) is 5.69 Å². The molecule has 0 N–H and O–H groups in total. The molecule has 0 aliphatic heterocycles. The van der Waals surface area contributed by atoms with E-state index in [1.807, 2.05) is 49.0 Å². The van der Waals surface area contributed by atoms with Gasteiger partial charge in [0.05, 0.1) is 12.3 Å². The van der Waals surface area contributed by atoms with Crippen LogP contribution in [0, 0.1) is 6.92 Å². The van der Waals surface area contributed by atoms with Crippen LogP contribution in [0.15, 0.2) is 30.5 Å². The Labute approximate surface area is 110 Å². The van der Waals surface area contributed by atoms with Gasteiger partial charge in [0.2, 0.25) is 0 Å². The first-order valence-electron chi connectivity index (χ1n) is 5.59. The van der Waals surface area contributed by atoms with Gasteiger partial charge in [-0.2, -0.15) is 5.10 Å². The summed E-state index contributed by atoms with van der Waals surface area (Å²) in [5, 5.41) is 5.32. The number of aromatic nitrogens is 2. The lowest BCUT2D eigenvalue weighted by molar-refractivity contribution is 0.338. The molecule has 1 aromatic carbocycles. The topological polar surface area (TPSA) is 27.1 Å². The van der Waals surface area contributed by atoms with Gasteiger partial charge in [-0.1, -0.05) is 28.1 Å². The number of nitrogens with zero attached hydrogens (tertiary/aromatic N) is 2. The Kier molecular flexibility index (Phi) is 3.84. The summed E-state index contributed by atoms with van der Waals surface area (Å²) in [5.74, 6) is 0.860. The largest absolute Gasteiger partial charge is 0.492 e. The summed E-state index contributed by atoms with van der Waals surface area (Å²) in [4.78, 5) is 0. The maximum atomic E-state index is 5.60. The first-order valence-corrected chi connectivity index (χ1v) is 6.71. The van der Waals surface area contributed by atoms with Crippen LogP contribution in [0.5, 0.6) is 5.75 Å². The van der Waals surface area contributed by atoms with Crippen LogP contribution in [0.4, 0.5) is 0 Å². The highest BCUT2D eigenvalue weighted by molar-refractivity contribution is 9.08. The lowest BCUT2D eigenvalue weighted by atomic mass is 10.3. The molecule has 1 heterocycles. The van der Waals surface area contributed by atoms with Crippen LogP contribution in [-0.4, -0.2) is 16.4 Å². The lowest BCUT2D eigenvalue weighted by Gasteiger charge is -2.09. The zero-order chi connectivity index (χ0) is 12.3. The molecule has 0 fully saturated rings. The molecule has 0 aliphatic carbocycles. The first kappa shape index (κ1) is 12.2. The maximum Gasteiger partial charge on any atom is 0.144 e. The predicted molar refractivity (Wildman–Crippen MR) is 72.1 cm³/mol. The Morgan fingerprint density at radius 2 is 2.12 bits per heavy atom. The van der Waals surface area contributed by atoms with E-state index in [4.69, 9.17) is 4.74 Å². The van der Waals surface area contributed by atoms with Crippen molar-refractivity contribution in [2.24, 2.45) is 0 Å². The molecule has 2 aromatic rings. The Morgan fingerprint density at radius 3 is 2.76 bits per heavy atom. The van der Waals surface area contributed by atoms with Gasteiger partial charge >= 0.3 is 0 Å². The van der Waals surface area contributed by atoms with Crippen molar-refractivity contribution in [2.75, 3.05) is 6.61 Å². The Hall–Kier alpha value is -1.29. The number of aryl methyl sites for hydroxylation is 1. The average Bonchev–Trinajstić information content (AvgIpc) is 2.71. The molecule has 0 unspecified atom stereocenters. The third kappa shape index (κ3) is 2.52. The van der Waals surface area contributed by atoms with E-state index >= 15 is 0 Å². The second-order valence-electron chi connectivity index (χ2n) is 3.72. The molecule has 4 heteroatoms. The van der Waals surface area contributed by atoms with Crippen LogP contribution >= 0.6 is 15.9 Å². The molecule has 90 valence electrons. The molecule has 0 atom stereocenters. The van der Waals surface area contributed by atoms with Gasteiger partial charge < -0.3 is 4.74 Å². The monoisotopic (exact) mass is 294 g/mol. The molecular formula is C13H15BrN2O. The van der Waals surface area contributed by atoms with Crippen molar-refractivity contribution < 1.29 is 4.74 Å². The molecule has 3 nitrogen and oxygen atoms in total. The van der Waals surface area contributed by atoms with Gasteiger partial charge in [-0.05, 0) is 26.0 Å². The van der Waals surface area contributed by atoms with Crippen LogP contribution in [0.2, 0.25) is 0 Å². The molecule has 1 aromatic heterocycles. The van der Waals surface area contributed by atoms with Crippen molar-refractivity contribution >= 4 is 15.9 Å². The Morgan fingerprint density at radius 1 is 1.35 bits per heavy atom. The molecule has 2 rings (SSSR count). The van der Waals surface area contributed by atoms with Crippen molar-refractivity contribution in [3.05, 3.63) is 41.7 Å². The molecule has 0 bridgehead atoms. The quantitative estimate of drug-likeness (QED) is 0.808. The summed E-state index contributed by atoms with van der Waals surface area (Å²) in [6.07, 6.45) is 2.03. The van der Waals surface area contributed by atoms with Gasteiger partial charge in [-0.15, -0.1) is 0 Å². The summed E-state index contributed by atoms with van der Waals surface area (Å²) in [6, 6.07) is 7.93. The predicted octanol–water partition coefficient (Wildman–Crippen LogP) is 3.47. The third-order valence-electron chi connectivity index (χ3n) is 2.56. The van der Waals surface area contributed by atoms with E-state index in [1.54, 1.807) is 0 Å². The number of benzene rings is 1. The summed E-state index contributed by atoms with van der Waals surface area (Å²) in [5.41, 5.74) is 3.20. The third-order valence-corrected chi connectivity index (χ3v) is 3.16. The summed E-state index contributed by atoms with van der Waals surface area (Å²) >= 11 is 3.46. The summed E-state index contributed by atoms with van der Waals surface area (Å²) in [6.45, 7) is 4.65. The number of halogens is 1. The lowest BCUT2D eigenvalue weighted by Crippen LogP contribution is -2.00. The summed E-state index contributed by atoms with van der Waals surface area (Å²) in [7, 11) is 0. The van der Waals surface area contributed by atoms with Crippen molar-refractivity contribution in [3.63, 3.8) is 0 Å². The number of hydrogen-bond donors (Lipinski definition) is 0. The van der Waals surface area contributed by atoms with Crippen LogP contribution in [0.3, 0.4) is 0 Å². The van der Waals surface area contributed by atoms with Gasteiger partial charge in [0.25, 0.3) is 0 Å². The molecule has 0 radical (unpaired) electrons. The highest BCUT2D eigenvalue weighted by Crippen LogP contribution is 2.23. The highest BCUT2D eigenvalue weighted by atomic mass is 79.9. The van der Waals surface area contributed by atoms with Crippen LogP contribution in [0.1, 0.15) is 18.2 Å². The molecular weight excluding hydrogens is 280 g/mol. The fraction of sp³-hybridized carbons (Fsp3) is 0.308. The van der Waals surface area contributed by atoms with Gasteiger partial charge in [0.15, 0.2) is 0 Å². The Balaban J connectivity index is 2.44. The number of rotatable bonds is 4. The number of hydrogen-bond acceptors (Lipinski definition) is 2. The van der Waals surface area contributed by atoms with Gasteiger partial charge in [-0.25, -0.2) is 4.68 Å². The van der Waals surface area contributed by atoms with Gasteiger partial charge in [-0.3, -0.25) is 0 Å². The van der Waals surface area contributed by atoms with E-state index in [1.165, 1.54) is 5.56 Å². The summed E-state index contributed by atoms with van der Waals surface area (Å²) < 4.78 is 7.47. The number of para-hydroxylation sites is 2. The van der Waals surface area contributed by atoms with E-state index in [9.17, 15) is 0 Å². The van der Waals surface area contributed by atoms with Crippen molar-refractivity contribution in [2.45, 2.75) is 19.2 Å². The van der Waals surface area contributed by atoms with Crippen molar-refractivity contribution in [3.8, 4) is 11.4 Å². The molecule has 0 spiro atoms. The molecule has 0 saturated carbocycles. The second kappa shape index (κ2) is 5.36. The minimum atomic E-state index is 0.655. The molecule has 17 heavy (non-hydrogen) atoms. The standard InChI is InChI=1S/C13H15BrN2O/c1-3-17-13-7-5-4-6-12(13)16-9-11(8-14)10(2)15-16/h4-7,9H,3,8H2,1-2H3. The minimum Gasteiger partial charge on any atom is -0.492 e. The maximum absolute atomic E-state index is 5.60. The van der Waals surface area contributed by atoms with E-state index in [0.717, 1.165) is 22.5 Å². The second-order valence-corrected chi connectivity index (χ2v) is 4.28. The van der Waals surface area contributed by atoms with E-state index in [0.29, 0.717) is 6.61 Å². The van der Waals surface area contributed by atoms with Gasteiger partial charge in [0, 0.05) is 17.1 Å². The van der Waals surface area contributed by atoms with E-state index < -0.39 is 0 Å². The van der Waals surface area contributed by atoms with E-state index in [2.05, 4.69) is 21.0 Å². The van der Waals surface area contributed by atoms with Crippen molar-refractivity contribution in [1.82, 2.24) is 9.78 Å². The molecule has 0 aliphatic rings. The Bertz CT molecular complexity index is 508. The zero-order valence-corrected chi connectivity index (χ0v) is 11.6. The van der Waals surface area contributed by atoms with E-state index in [-0.39, 0.29) is 0 Å². The molecule has 0 saturated heterocycles. The smallest absolute Gasteiger partial charge is 0.144 e. The normalized spacial score (nSPS) is 10.5. The number of alkyl halides is 1. The zero-order valence-electron chi connectivity index (χ0n) is 9.98. The van der Waals surface area contributed by atoms with Crippen LogP contribution < -0.4 is 4.74 Å². The number of ether oxygens (including phenoxy) is 1. The van der Waals surface area contributed by atoms with Crippen molar-refractivity contribution in [1.29, 1.82) is 0 Å². The van der Waals surface area contributed by atoms with Crippen LogP contribution in [-0.2, 0) is 5.33 Å². The first-order chi connectivity index (χ1) is 8.26. The SMILES string of the molecule is CCOc1ccccc1-n1cc(CBr)c(C)n1. The molecule has 0 amide bonds.